The van der Waals surface area contributed by atoms with Gasteiger partial charge in [0.2, 0.25) is 17.2 Å². The van der Waals surface area contributed by atoms with E-state index in [2.05, 4.69) is 9.97 Å². The Morgan fingerprint density at radius 1 is 0.421 bits per heavy atom. The van der Waals surface area contributed by atoms with Crippen LogP contribution in [0.15, 0.2) is 130 Å². The highest BCUT2D eigenvalue weighted by atomic mass is 19.4. The molecule has 0 saturated heterocycles. The number of hydrogen-bond donors (Lipinski definition) is 0. The van der Waals surface area contributed by atoms with Crippen molar-refractivity contribution in [2.75, 3.05) is 0 Å². The minimum atomic E-state index is -5.84. The summed E-state index contributed by atoms with van der Waals surface area (Å²) in [5, 5.41) is 0. The zero-order valence-electron chi connectivity index (χ0n) is 29.7. The van der Waals surface area contributed by atoms with E-state index in [-0.39, 0.29) is 34.0 Å². The van der Waals surface area contributed by atoms with Crippen LogP contribution in [0.25, 0.3) is 45.1 Å². The minimum Gasteiger partial charge on any atom is -0.457 e. The Labute approximate surface area is 320 Å². The molecular weight excluding hydrogens is 746 g/mol. The summed E-state index contributed by atoms with van der Waals surface area (Å²) in [6.07, 6.45) is -7.58. The highest BCUT2D eigenvalue weighted by Gasteiger charge is 2.72. The number of fused-ring (bicyclic) bond motifs is 4. The number of aryl methyl sites for hydroxylation is 4. The van der Waals surface area contributed by atoms with E-state index in [0.717, 1.165) is 62.1 Å². The monoisotopic (exact) mass is 774 g/mol. The Morgan fingerprint density at radius 2 is 0.807 bits per heavy atom. The summed E-state index contributed by atoms with van der Waals surface area (Å²) in [6.45, 7) is 0. The quantitative estimate of drug-likeness (QED) is 0.143. The molecule has 0 amide bonds. The van der Waals surface area contributed by atoms with Gasteiger partial charge in [0, 0.05) is 11.1 Å². The first kappa shape index (κ1) is 34.9. The van der Waals surface area contributed by atoms with Crippen LogP contribution in [0.5, 0.6) is 23.0 Å². The van der Waals surface area contributed by atoms with Gasteiger partial charge in [0.05, 0.1) is 0 Å². The van der Waals surface area contributed by atoms with E-state index in [0.29, 0.717) is 34.1 Å². The van der Waals surface area contributed by atoms with Crippen LogP contribution >= 0.6 is 0 Å². The summed E-state index contributed by atoms with van der Waals surface area (Å²) < 4.78 is 115. The van der Waals surface area contributed by atoms with Crippen LogP contribution < -0.4 is 9.47 Å². The van der Waals surface area contributed by atoms with E-state index < -0.39 is 28.9 Å². The van der Waals surface area contributed by atoms with Gasteiger partial charge in [0.15, 0.2) is 11.2 Å². The number of rotatable bonds is 8. The van der Waals surface area contributed by atoms with Crippen molar-refractivity contribution in [3.63, 3.8) is 0 Å². The molecule has 0 bridgehead atoms. The molecule has 2 heterocycles. The molecule has 2 aliphatic rings. The van der Waals surface area contributed by atoms with E-state index in [1.165, 1.54) is 22.3 Å². The summed E-state index contributed by atoms with van der Waals surface area (Å²) in [4.78, 5) is 8.61. The second kappa shape index (κ2) is 12.7. The normalized spacial score (nSPS) is 13.9. The summed E-state index contributed by atoms with van der Waals surface area (Å²) in [5.41, 5.74) is -0.971. The molecule has 0 unspecified atom stereocenters. The molecule has 8 aromatic rings. The standard InChI is InChI=1S/C45H28F6N2O4/c46-44(47,48)43(45(49,50)51,31-11-19-39-37(23-31)52-41(56-39)27-7-13-33(14-8-27)54-35-17-5-25-1-3-29(25)21-35)32-12-20-40-38(24-32)53-42(57-40)28-9-15-34(16-10-28)55-36-18-6-26-2-4-30(26)22-36/h5-24H,1-4H2. The van der Waals surface area contributed by atoms with Crippen molar-refractivity contribution in [2.45, 2.75) is 43.5 Å². The van der Waals surface area contributed by atoms with Gasteiger partial charge in [-0.15, -0.1) is 0 Å². The van der Waals surface area contributed by atoms with Crippen molar-refractivity contribution in [1.29, 1.82) is 0 Å². The molecule has 6 aromatic carbocycles. The maximum absolute atomic E-state index is 15.2. The van der Waals surface area contributed by atoms with Gasteiger partial charge in [-0.25, -0.2) is 9.97 Å². The van der Waals surface area contributed by atoms with E-state index >= 15 is 26.3 Å². The lowest BCUT2D eigenvalue weighted by molar-refractivity contribution is -0.288. The summed E-state index contributed by atoms with van der Waals surface area (Å²) in [7, 11) is 0. The summed E-state index contributed by atoms with van der Waals surface area (Å²) >= 11 is 0. The van der Waals surface area contributed by atoms with Gasteiger partial charge in [-0.2, -0.15) is 26.3 Å². The van der Waals surface area contributed by atoms with Gasteiger partial charge in [-0.3, -0.25) is 0 Å². The zero-order chi connectivity index (χ0) is 39.1. The number of hydrogen-bond acceptors (Lipinski definition) is 6. The average Bonchev–Trinajstić information content (AvgIpc) is 3.78. The van der Waals surface area contributed by atoms with E-state index in [9.17, 15) is 0 Å². The molecule has 284 valence electrons. The molecule has 0 radical (unpaired) electrons. The lowest BCUT2D eigenvalue weighted by Gasteiger charge is -2.38. The number of oxazole rings is 2. The molecule has 6 nitrogen and oxygen atoms in total. The van der Waals surface area contributed by atoms with Gasteiger partial charge in [0.25, 0.3) is 0 Å². The van der Waals surface area contributed by atoms with Crippen LogP contribution in [0.1, 0.15) is 33.4 Å². The fraction of sp³-hybridized carbons (Fsp3) is 0.156. The number of benzene rings is 6. The summed E-state index contributed by atoms with van der Waals surface area (Å²) in [6, 6.07) is 30.3. The first-order valence-electron chi connectivity index (χ1n) is 18.2. The predicted octanol–water partition coefficient (Wildman–Crippen LogP) is 12.5. The van der Waals surface area contributed by atoms with Crippen molar-refractivity contribution in [1.82, 2.24) is 9.97 Å². The first-order valence-corrected chi connectivity index (χ1v) is 18.2. The molecule has 0 atom stereocenters. The second-order valence-electron chi connectivity index (χ2n) is 14.3. The number of ether oxygens (including phenoxy) is 2. The largest absolute Gasteiger partial charge is 0.457 e. The molecule has 0 aliphatic heterocycles. The topological polar surface area (TPSA) is 70.5 Å². The first-order chi connectivity index (χ1) is 27.4. The van der Waals surface area contributed by atoms with Crippen molar-refractivity contribution in [3.8, 4) is 45.9 Å². The van der Waals surface area contributed by atoms with Crippen LogP contribution in [0.3, 0.4) is 0 Å². The second-order valence-corrected chi connectivity index (χ2v) is 14.3. The molecule has 2 aromatic heterocycles. The fourth-order valence-corrected chi connectivity index (χ4v) is 7.62. The fourth-order valence-electron chi connectivity index (χ4n) is 7.62. The smallest absolute Gasteiger partial charge is 0.411 e. The molecular formula is C45H28F6N2O4. The molecule has 12 heteroatoms. The molecule has 2 aliphatic carbocycles. The Bertz CT molecular complexity index is 2640. The van der Waals surface area contributed by atoms with Gasteiger partial charge in [-0.1, -0.05) is 24.3 Å². The lowest BCUT2D eigenvalue weighted by atomic mass is 9.72. The third-order valence-corrected chi connectivity index (χ3v) is 10.8. The highest BCUT2D eigenvalue weighted by molar-refractivity contribution is 5.80. The molecule has 10 rings (SSSR count). The van der Waals surface area contributed by atoms with Crippen molar-refractivity contribution >= 4 is 22.2 Å². The van der Waals surface area contributed by atoms with Crippen LogP contribution in [0.2, 0.25) is 0 Å². The predicted molar refractivity (Wildman–Crippen MR) is 200 cm³/mol. The van der Waals surface area contributed by atoms with Crippen LogP contribution in [-0.2, 0) is 31.1 Å². The average molecular weight is 775 g/mol. The van der Waals surface area contributed by atoms with Crippen LogP contribution in [-0.4, -0.2) is 22.3 Å². The van der Waals surface area contributed by atoms with Crippen LogP contribution in [0, 0.1) is 0 Å². The molecule has 0 fully saturated rings. The van der Waals surface area contributed by atoms with Gasteiger partial charge >= 0.3 is 12.4 Å². The minimum absolute atomic E-state index is 0.0132. The molecule has 0 spiro atoms. The maximum atomic E-state index is 15.2. The summed E-state index contributed by atoms with van der Waals surface area (Å²) in [5.74, 6) is 2.47. The zero-order valence-corrected chi connectivity index (χ0v) is 29.7. The number of alkyl halides is 6. The SMILES string of the molecule is FC(F)(F)C(c1ccc2oc(-c3ccc(Oc4ccc5c(c4)CC5)cc3)nc2c1)(c1ccc2oc(-c3ccc(Oc4ccc5c(c4)CC5)cc3)nc2c1)C(F)(F)F. The third kappa shape index (κ3) is 5.89. The van der Waals surface area contributed by atoms with Crippen molar-refractivity contribution in [3.05, 3.63) is 155 Å². The molecule has 0 saturated carbocycles. The number of aromatic nitrogens is 2. The molecule has 0 N–H and O–H groups in total. The van der Waals surface area contributed by atoms with E-state index in [1.54, 1.807) is 48.5 Å². The van der Waals surface area contributed by atoms with Gasteiger partial charge < -0.3 is 18.3 Å². The third-order valence-electron chi connectivity index (χ3n) is 10.8. The Kier molecular flexibility index (Phi) is 7.80. The molecule has 57 heavy (non-hydrogen) atoms. The number of nitrogens with zero attached hydrogens (tertiary/aromatic N) is 2. The van der Waals surface area contributed by atoms with Gasteiger partial charge in [0.1, 0.15) is 34.0 Å². The van der Waals surface area contributed by atoms with E-state index in [4.69, 9.17) is 18.3 Å². The Balaban J connectivity index is 0.955. The van der Waals surface area contributed by atoms with E-state index in [1.807, 2.05) is 36.4 Å². The Morgan fingerprint density at radius 3 is 1.16 bits per heavy atom. The van der Waals surface area contributed by atoms with Crippen molar-refractivity contribution in [2.24, 2.45) is 0 Å². The van der Waals surface area contributed by atoms with Crippen LogP contribution in [0.4, 0.5) is 26.3 Å². The highest BCUT2D eigenvalue weighted by Crippen LogP contribution is 2.57. The lowest BCUT2D eigenvalue weighted by Crippen LogP contribution is -2.54. The maximum Gasteiger partial charge on any atom is 0.411 e. The Hall–Kier alpha value is -6.56. The van der Waals surface area contributed by atoms with Crippen molar-refractivity contribution < 1.29 is 44.7 Å². The van der Waals surface area contributed by atoms with Gasteiger partial charge in [-0.05, 0) is 156 Å². The number of halogens is 6.